The third-order valence-electron chi connectivity index (χ3n) is 3.43. The molecule has 0 aliphatic rings. The van der Waals surface area contributed by atoms with Crippen LogP contribution in [0.15, 0.2) is 0 Å². The first-order valence-corrected chi connectivity index (χ1v) is 7.19. The molecule has 0 heterocycles. The Morgan fingerprint density at radius 3 is 1.75 bits per heavy atom. The van der Waals surface area contributed by atoms with E-state index in [-0.39, 0.29) is 5.92 Å². The van der Waals surface area contributed by atoms with Gasteiger partial charge in [-0.25, -0.2) is 0 Å². The van der Waals surface area contributed by atoms with Crippen LogP contribution in [-0.4, -0.2) is 5.78 Å². The Morgan fingerprint density at radius 1 is 0.875 bits per heavy atom. The van der Waals surface area contributed by atoms with Crippen LogP contribution in [0.1, 0.15) is 85.0 Å². The summed E-state index contributed by atoms with van der Waals surface area (Å²) in [6, 6.07) is 0. The van der Waals surface area contributed by atoms with Crippen molar-refractivity contribution in [3.05, 3.63) is 0 Å². The number of rotatable bonds is 11. The van der Waals surface area contributed by atoms with E-state index in [1.54, 1.807) is 6.92 Å². The number of carbonyl (C=O) groups is 1. The van der Waals surface area contributed by atoms with Crippen molar-refractivity contribution in [3.8, 4) is 0 Å². The van der Waals surface area contributed by atoms with Crippen LogP contribution in [0, 0.1) is 5.92 Å². The number of hydrogen-bond donors (Lipinski definition) is 0. The normalized spacial score (nSPS) is 12.7. The molecular weight excluding hydrogens is 196 g/mol. The molecule has 1 heteroatoms. The average molecular weight is 226 g/mol. The van der Waals surface area contributed by atoms with Crippen molar-refractivity contribution in [1.29, 1.82) is 0 Å². The largest absolute Gasteiger partial charge is 0.300 e. The maximum absolute atomic E-state index is 11.0. The maximum Gasteiger partial charge on any atom is 0.132 e. The van der Waals surface area contributed by atoms with E-state index in [0.717, 1.165) is 6.42 Å². The third kappa shape index (κ3) is 10.2. The van der Waals surface area contributed by atoms with E-state index in [0.29, 0.717) is 5.78 Å². The molecule has 0 saturated heterocycles. The smallest absolute Gasteiger partial charge is 0.132 e. The van der Waals surface area contributed by atoms with Crippen LogP contribution in [0.2, 0.25) is 0 Å². The minimum Gasteiger partial charge on any atom is -0.300 e. The molecule has 0 fully saturated rings. The topological polar surface area (TPSA) is 17.1 Å². The molecule has 0 spiro atoms. The average Bonchev–Trinajstić information content (AvgIpc) is 2.26. The van der Waals surface area contributed by atoms with Gasteiger partial charge in [-0.3, -0.25) is 4.79 Å². The molecule has 0 saturated carbocycles. The molecule has 0 amide bonds. The molecule has 0 aromatic carbocycles. The summed E-state index contributed by atoms with van der Waals surface area (Å²) < 4.78 is 0. The molecule has 0 N–H and O–H groups in total. The number of carbonyl (C=O) groups excluding carboxylic acids is 1. The lowest BCUT2D eigenvalue weighted by molar-refractivity contribution is -0.120. The standard InChI is InChI=1S/C15H30O/c1-4-5-6-7-8-9-10-11-12-13-14(2)15(3)16/h14H,4-13H2,1-3H3/t14-/m0/s1. The van der Waals surface area contributed by atoms with Gasteiger partial charge in [0.25, 0.3) is 0 Å². The lowest BCUT2D eigenvalue weighted by atomic mass is 9.99. The first-order valence-electron chi connectivity index (χ1n) is 7.19. The first kappa shape index (κ1) is 15.7. The summed E-state index contributed by atoms with van der Waals surface area (Å²) in [5, 5.41) is 0. The zero-order valence-electron chi connectivity index (χ0n) is 11.6. The highest BCUT2D eigenvalue weighted by atomic mass is 16.1. The minimum absolute atomic E-state index is 0.282. The van der Waals surface area contributed by atoms with Crippen LogP contribution in [0.3, 0.4) is 0 Å². The van der Waals surface area contributed by atoms with Crippen LogP contribution in [0.5, 0.6) is 0 Å². The van der Waals surface area contributed by atoms with Gasteiger partial charge in [0, 0.05) is 5.92 Å². The molecule has 0 rings (SSSR count). The van der Waals surface area contributed by atoms with Crippen LogP contribution in [0.4, 0.5) is 0 Å². The molecule has 1 atom stereocenters. The van der Waals surface area contributed by atoms with Gasteiger partial charge < -0.3 is 0 Å². The highest BCUT2D eigenvalue weighted by molar-refractivity contribution is 5.77. The van der Waals surface area contributed by atoms with E-state index in [1.807, 2.05) is 6.92 Å². The summed E-state index contributed by atoms with van der Waals surface area (Å²) >= 11 is 0. The van der Waals surface area contributed by atoms with Gasteiger partial charge in [0.05, 0.1) is 0 Å². The number of ketones is 1. The quantitative estimate of drug-likeness (QED) is 0.446. The molecule has 0 aliphatic heterocycles. The second kappa shape index (κ2) is 11.2. The predicted molar refractivity (Wildman–Crippen MR) is 71.7 cm³/mol. The summed E-state index contributed by atoms with van der Waals surface area (Å²) in [6.07, 6.45) is 13.3. The van der Waals surface area contributed by atoms with Crippen LogP contribution in [0.25, 0.3) is 0 Å². The Hall–Kier alpha value is -0.330. The van der Waals surface area contributed by atoms with E-state index < -0.39 is 0 Å². The molecule has 0 bridgehead atoms. The summed E-state index contributed by atoms with van der Waals surface area (Å²) in [5.74, 6) is 0.629. The van der Waals surface area contributed by atoms with Crippen LogP contribution < -0.4 is 0 Å². The molecular formula is C15H30O. The van der Waals surface area contributed by atoms with Crippen molar-refractivity contribution >= 4 is 5.78 Å². The Labute approximate surface area is 102 Å². The Balaban J connectivity index is 3.07. The predicted octanol–water partition coefficient (Wildman–Crippen LogP) is 5.13. The third-order valence-corrected chi connectivity index (χ3v) is 3.43. The van der Waals surface area contributed by atoms with Crippen molar-refractivity contribution in [2.75, 3.05) is 0 Å². The van der Waals surface area contributed by atoms with E-state index in [9.17, 15) is 4.79 Å². The van der Waals surface area contributed by atoms with Gasteiger partial charge in [0.1, 0.15) is 5.78 Å². The molecule has 96 valence electrons. The van der Waals surface area contributed by atoms with Crippen molar-refractivity contribution in [2.24, 2.45) is 5.92 Å². The fourth-order valence-corrected chi connectivity index (χ4v) is 1.96. The summed E-state index contributed by atoms with van der Waals surface area (Å²) in [5.41, 5.74) is 0. The fraction of sp³-hybridized carbons (Fsp3) is 0.933. The number of Topliss-reactive ketones (excluding diaryl/α,β-unsaturated/α-hetero) is 1. The Morgan fingerprint density at radius 2 is 1.31 bits per heavy atom. The van der Waals surface area contributed by atoms with Crippen molar-refractivity contribution in [3.63, 3.8) is 0 Å². The molecule has 0 aromatic heterocycles. The zero-order chi connectivity index (χ0) is 12.2. The van der Waals surface area contributed by atoms with Crippen molar-refractivity contribution < 1.29 is 4.79 Å². The maximum atomic E-state index is 11.0. The second-order valence-corrected chi connectivity index (χ2v) is 5.13. The van der Waals surface area contributed by atoms with E-state index >= 15 is 0 Å². The van der Waals surface area contributed by atoms with E-state index in [1.165, 1.54) is 57.8 Å². The number of hydrogen-bond acceptors (Lipinski definition) is 1. The molecule has 16 heavy (non-hydrogen) atoms. The highest BCUT2D eigenvalue weighted by Gasteiger charge is 2.05. The molecule has 0 aliphatic carbocycles. The lowest BCUT2D eigenvalue weighted by Crippen LogP contribution is -2.05. The van der Waals surface area contributed by atoms with Gasteiger partial charge in [-0.1, -0.05) is 71.6 Å². The van der Waals surface area contributed by atoms with Crippen molar-refractivity contribution in [2.45, 2.75) is 85.0 Å². The van der Waals surface area contributed by atoms with Gasteiger partial charge in [-0.15, -0.1) is 0 Å². The van der Waals surface area contributed by atoms with E-state index in [4.69, 9.17) is 0 Å². The zero-order valence-corrected chi connectivity index (χ0v) is 11.6. The highest BCUT2D eigenvalue weighted by Crippen LogP contribution is 2.13. The van der Waals surface area contributed by atoms with Crippen LogP contribution in [-0.2, 0) is 4.79 Å². The molecule has 0 radical (unpaired) electrons. The second-order valence-electron chi connectivity index (χ2n) is 5.13. The summed E-state index contributed by atoms with van der Waals surface area (Å²) in [6.45, 7) is 6.02. The molecule has 0 aromatic rings. The first-order chi connectivity index (χ1) is 7.68. The van der Waals surface area contributed by atoms with Gasteiger partial charge in [-0.05, 0) is 13.3 Å². The Bertz CT molecular complexity index is 163. The fourth-order valence-electron chi connectivity index (χ4n) is 1.96. The van der Waals surface area contributed by atoms with Gasteiger partial charge in [-0.2, -0.15) is 0 Å². The van der Waals surface area contributed by atoms with Gasteiger partial charge in [0.2, 0.25) is 0 Å². The molecule has 1 nitrogen and oxygen atoms in total. The van der Waals surface area contributed by atoms with Crippen LogP contribution >= 0.6 is 0 Å². The molecule has 0 unspecified atom stereocenters. The SMILES string of the molecule is CCCCCCCCCCC[C@H](C)C(C)=O. The minimum atomic E-state index is 0.282. The Kier molecular flexibility index (Phi) is 10.9. The van der Waals surface area contributed by atoms with E-state index in [2.05, 4.69) is 6.92 Å². The van der Waals surface area contributed by atoms with Gasteiger partial charge in [0.15, 0.2) is 0 Å². The van der Waals surface area contributed by atoms with Gasteiger partial charge >= 0.3 is 0 Å². The summed E-state index contributed by atoms with van der Waals surface area (Å²) in [4.78, 5) is 11.0. The monoisotopic (exact) mass is 226 g/mol. The van der Waals surface area contributed by atoms with Crippen molar-refractivity contribution in [1.82, 2.24) is 0 Å². The number of unbranched alkanes of at least 4 members (excludes halogenated alkanes) is 8. The summed E-state index contributed by atoms with van der Waals surface area (Å²) in [7, 11) is 0. The lowest BCUT2D eigenvalue weighted by Gasteiger charge is -2.06.